The molecule has 0 aliphatic carbocycles. The summed E-state index contributed by atoms with van der Waals surface area (Å²) in [7, 11) is 1.51. The van der Waals surface area contributed by atoms with Gasteiger partial charge >= 0.3 is 5.97 Å². The van der Waals surface area contributed by atoms with Crippen LogP contribution in [0.5, 0.6) is 5.75 Å². The van der Waals surface area contributed by atoms with E-state index in [1.165, 1.54) is 18.9 Å². The van der Waals surface area contributed by atoms with E-state index in [1.54, 1.807) is 36.4 Å². The van der Waals surface area contributed by atoms with Crippen LogP contribution in [0.2, 0.25) is 0 Å². The number of ketones is 1. The van der Waals surface area contributed by atoms with Crippen molar-refractivity contribution in [1.29, 1.82) is 0 Å². The number of esters is 1. The van der Waals surface area contributed by atoms with Crippen molar-refractivity contribution in [1.82, 2.24) is 4.90 Å². The first-order valence-electron chi connectivity index (χ1n) is 9.88. The van der Waals surface area contributed by atoms with Gasteiger partial charge in [-0.3, -0.25) is 14.4 Å². The average Bonchev–Trinajstić information content (AvgIpc) is 2.98. The number of likely N-dealkylation sites (tertiary alicyclic amines) is 1. The molecule has 0 bridgehead atoms. The SMILES string of the molecule is COCCN1C(=O)C(=O)/C(=C(\O)c2ccc(C)c(C)c2)C1c1ccc(OC(C)=O)cc1. The Kier molecular flexibility index (Phi) is 6.56. The van der Waals surface area contributed by atoms with E-state index in [2.05, 4.69) is 0 Å². The minimum Gasteiger partial charge on any atom is -0.507 e. The van der Waals surface area contributed by atoms with E-state index in [4.69, 9.17) is 9.47 Å². The Morgan fingerprint density at radius 3 is 2.32 bits per heavy atom. The van der Waals surface area contributed by atoms with Crippen molar-refractivity contribution in [2.24, 2.45) is 0 Å². The van der Waals surface area contributed by atoms with Crippen LogP contribution in [0.1, 0.15) is 35.2 Å². The Hall–Kier alpha value is -3.45. The summed E-state index contributed by atoms with van der Waals surface area (Å²) < 4.78 is 10.2. The molecule has 1 heterocycles. The smallest absolute Gasteiger partial charge is 0.308 e. The van der Waals surface area contributed by atoms with Crippen molar-refractivity contribution in [3.63, 3.8) is 0 Å². The third-order valence-corrected chi connectivity index (χ3v) is 5.31. The summed E-state index contributed by atoms with van der Waals surface area (Å²) in [5.74, 6) is -1.78. The van der Waals surface area contributed by atoms with Crippen molar-refractivity contribution in [2.45, 2.75) is 26.8 Å². The van der Waals surface area contributed by atoms with Gasteiger partial charge in [0, 0.05) is 26.1 Å². The highest BCUT2D eigenvalue weighted by atomic mass is 16.5. The van der Waals surface area contributed by atoms with Crippen LogP contribution in [0.15, 0.2) is 48.0 Å². The van der Waals surface area contributed by atoms with Crippen LogP contribution in [-0.4, -0.2) is 47.9 Å². The van der Waals surface area contributed by atoms with E-state index in [1.807, 2.05) is 19.9 Å². The molecule has 1 fully saturated rings. The number of carbonyl (C=O) groups is 3. The second-order valence-corrected chi connectivity index (χ2v) is 7.45. The lowest BCUT2D eigenvalue weighted by atomic mass is 9.94. The van der Waals surface area contributed by atoms with E-state index >= 15 is 0 Å². The van der Waals surface area contributed by atoms with Crippen molar-refractivity contribution >= 4 is 23.4 Å². The highest BCUT2D eigenvalue weighted by molar-refractivity contribution is 6.46. The first-order chi connectivity index (χ1) is 14.7. The zero-order valence-electron chi connectivity index (χ0n) is 18.0. The highest BCUT2D eigenvalue weighted by Crippen LogP contribution is 2.39. The molecule has 1 unspecified atom stereocenters. The Balaban J connectivity index is 2.12. The standard InChI is InChI=1S/C24H25NO6/c1-14-5-6-18(13-15(14)2)22(27)20-21(25(11-12-30-4)24(29)23(20)28)17-7-9-19(10-8-17)31-16(3)26/h5-10,13,21,27H,11-12H2,1-4H3/b22-20-. The number of amides is 1. The largest absolute Gasteiger partial charge is 0.507 e. The molecule has 7 heteroatoms. The number of nitrogens with zero attached hydrogens (tertiary/aromatic N) is 1. The number of benzene rings is 2. The van der Waals surface area contributed by atoms with Gasteiger partial charge in [-0.2, -0.15) is 0 Å². The number of hydrogen-bond acceptors (Lipinski definition) is 6. The van der Waals surface area contributed by atoms with E-state index in [0.29, 0.717) is 16.9 Å². The van der Waals surface area contributed by atoms with Gasteiger partial charge in [-0.25, -0.2) is 0 Å². The number of carbonyl (C=O) groups excluding carboxylic acids is 3. The average molecular weight is 423 g/mol. The number of rotatable bonds is 6. The molecule has 0 radical (unpaired) electrons. The summed E-state index contributed by atoms with van der Waals surface area (Å²) in [6.45, 7) is 5.58. The molecule has 1 atom stereocenters. The van der Waals surface area contributed by atoms with Crippen molar-refractivity contribution in [2.75, 3.05) is 20.3 Å². The quantitative estimate of drug-likeness (QED) is 0.252. The van der Waals surface area contributed by atoms with Crippen LogP contribution in [0.4, 0.5) is 0 Å². The third kappa shape index (κ3) is 4.51. The summed E-state index contributed by atoms with van der Waals surface area (Å²) in [6.07, 6.45) is 0. The van der Waals surface area contributed by atoms with Crippen molar-refractivity contribution in [3.8, 4) is 5.75 Å². The number of ether oxygens (including phenoxy) is 2. The molecule has 0 spiro atoms. The van der Waals surface area contributed by atoms with Gasteiger partial charge in [-0.1, -0.05) is 24.3 Å². The zero-order valence-corrected chi connectivity index (χ0v) is 18.0. The van der Waals surface area contributed by atoms with Crippen molar-refractivity contribution in [3.05, 3.63) is 70.3 Å². The lowest BCUT2D eigenvalue weighted by Gasteiger charge is -2.25. The molecule has 31 heavy (non-hydrogen) atoms. The maximum atomic E-state index is 12.9. The van der Waals surface area contributed by atoms with E-state index in [0.717, 1.165) is 11.1 Å². The van der Waals surface area contributed by atoms with Gasteiger partial charge < -0.3 is 19.5 Å². The number of hydrogen-bond donors (Lipinski definition) is 1. The van der Waals surface area contributed by atoms with Gasteiger partial charge in [0.25, 0.3) is 11.7 Å². The maximum Gasteiger partial charge on any atom is 0.308 e. The number of methoxy groups -OCH3 is 1. The van der Waals surface area contributed by atoms with Crippen LogP contribution in [-0.2, 0) is 19.1 Å². The number of aryl methyl sites for hydroxylation is 2. The second kappa shape index (κ2) is 9.14. The number of aliphatic hydroxyl groups is 1. The first-order valence-corrected chi connectivity index (χ1v) is 9.88. The van der Waals surface area contributed by atoms with Gasteiger partial charge in [0.1, 0.15) is 11.5 Å². The summed E-state index contributed by atoms with van der Waals surface area (Å²) in [5.41, 5.74) is 3.10. The maximum absolute atomic E-state index is 12.9. The second-order valence-electron chi connectivity index (χ2n) is 7.45. The van der Waals surface area contributed by atoms with Gasteiger partial charge in [0.2, 0.25) is 0 Å². The van der Waals surface area contributed by atoms with E-state index in [-0.39, 0.29) is 24.5 Å². The Labute approximate surface area is 180 Å². The lowest BCUT2D eigenvalue weighted by Crippen LogP contribution is -2.32. The van der Waals surface area contributed by atoms with E-state index in [9.17, 15) is 19.5 Å². The Morgan fingerprint density at radius 1 is 1.06 bits per heavy atom. The predicted molar refractivity (Wildman–Crippen MR) is 115 cm³/mol. The zero-order chi connectivity index (χ0) is 22.7. The molecule has 0 saturated carbocycles. The molecule has 1 aliphatic rings. The molecule has 3 rings (SSSR count). The van der Waals surface area contributed by atoms with Crippen LogP contribution in [0, 0.1) is 13.8 Å². The fourth-order valence-corrected chi connectivity index (χ4v) is 3.58. The fourth-order valence-electron chi connectivity index (χ4n) is 3.58. The monoisotopic (exact) mass is 423 g/mol. The molecule has 1 aliphatic heterocycles. The van der Waals surface area contributed by atoms with Crippen molar-refractivity contribution < 1.29 is 29.0 Å². The summed E-state index contributed by atoms with van der Waals surface area (Å²) >= 11 is 0. The molecule has 1 saturated heterocycles. The normalized spacial score (nSPS) is 17.8. The Bertz CT molecular complexity index is 1050. The fraction of sp³-hybridized carbons (Fsp3) is 0.292. The van der Waals surface area contributed by atoms with E-state index < -0.39 is 23.7 Å². The third-order valence-electron chi connectivity index (χ3n) is 5.31. The first kappa shape index (κ1) is 22.2. The van der Waals surface area contributed by atoms with Crippen LogP contribution in [0.3, 0.4) is 0 Å². The lowest BCUT2D eigenvalue weighted by molar-refractivity contribution is -0.140. The summed E-state index contributed by atoms with van der Waals surface area (Å²) in [5, 5.41) is 11.1. The van der Waals surface area contributed by atoms with Gasteiger partial charge in [0.15, 0.2) is 0 Å². The number of Topliss-reactive ketones (excluding diaryl/α,β-unsaturated/α-hetero) is 1. The summed E-state index contributed by atoms with van der Waals surface area (Å²) in [4.78, 5) is 38.3. The van der Waals surface area contributed by atoms with Crippen LogP contribution >= 0.6 is 0 Å². The Morgan fingerprint density at radius 2 is 1.74 bits per heavy atom. The topological polar surface area (TPSA) is 93.1 Å². The predicted octanol–water partition coefficient (Wildman–Crippen LogP) is 3.30. The molecule has 0 aromatic heterocycles. The highest BCUT2D eigenvalue weighted by Gasteiger charge is 2.45. The molecule has 1 N–H and O–H groups in total. The molecular weight excluding hydrogens is 398 g/mol. The molecule has 2 aromatic carbocycles. The molecule has 2 aromatic rings. The number of aliphatic hydroxyl groups excluding tert-OH is 1. The minimum atomic E-state index is -0.789. The van der Waals surface area contributed by atoms with Crippen LogP contribution < -0.4 is 4.74 Å². The van der Waals surface area contributed by atoms with Crippen LogP contribution in [0.25, 0.3) is 5.76 Å². The van der Waals surface area contributed by atoms with Gasteiger partial charge in [-0.05, 0) is 48.7 Å². The molecule has 162 valence electrons. The molecular formula is C24H25NO6. The minimum absolute atomic E-state index is 0.0181. The molecule has 1 amide bonds. The van der Waals surface area contributed by atoms with Gasteiger partial charge in [-0.15, -0.1) is 0 Å². The summed E-state index contributed by atoms with van der Waals surface area (Å²) in [6, 6.07) is 11.1. The van der Waals surface area contributed by atoms with Gasteiger partial charge in [0.05, 0.1) is 18.2 Å². The molecule has 7 nitrogen and oxygen atoms in total.